The van der Waals surface area contributed by atoms with E-state index in [9.17, 15) is 0 Å². The summed E-state index contributed by atoms with van der Waals surface area (Å²) >= 11 is 23.5. The van der Waals surface area contributed by atoms with Crippen molar-refractivity contribution in [3.05, 3.63) is 32.7 Å². The zero-order valence-corrected chi connectivity index (χ0v) is 19.2. The molecule has 0 aliphatic heterocycles. The molecule has 0 bridgehead atoms. The predicted molar refractivity (Wildman–Crippen MR) is 117 cm³/mol. The minimum atomic E-state index is -0.296. The maximum atomic E-state index is 6.21. The van der Waals surface area contributed by atoms with Crippen LogP contribution in [0.3, 0.4) is 0 Å². The molecule has 0 unspecified atom stereocenters. The Labute approximate surface area is 186 Å². The molecule has 0 N–H and O–H groups in total. The molecule has 5 nitrogen and oxygen atoms in total. The van der Waals surface area contributed by atoms with Crippen LogP contribution in [0.4, 0.5) is 0 Å². The van der Waals surface area contributed by atoms with Gasteiger partial charge >= 0.3 is 0 Å². The first-order chi connectivity index (χ1) is 13.2. The van der Waals surface area contributed by atoms with Crippen LogP contribution in [-0.2, 0) is 9.57 Å². The molecule has 0 aliphatic carbocycles. The Morgan fingerprint density at radius 3 is 2.25 bits per heavy atom. The Morgan fingerprint density at radius 1 is 1.00 bits per heavy atom. The second-order valence-electron chi connectivity index (χ2n) is 6.64. The quantitative estimate of drug-likeness (QED) is 0.193. The third-order valence-corrected chi connectivity index (χ3v) is 3.85. The average molecular weight is 473 g/mol. The van der Waals surface area contributed by atoms with E-state index >= 15 is 0 Å². The first-order valence-electron chi connectivity index (χ1n) is 8.72. The van der Waals surface area contributed by atoms with Gasteiger partial charge in [-0.1, -0.05) is 51.6 Å². The summed E-state index contributed by atoms with van der Waals surface area (Å²) in [7, 11) is 0. The molecule has 28 heavy (non-hydrogen) atoms. The summed E-state index contributed by atoms with van der Waals surface area (Å²) in [5.41, 5.74) is -0.296. The molecule has 158 valence electrons. The van der Waals surface area contributed by atoms with Gasteiger partial charge in [0.1, 0.15) is 22.4 Å². The molecular weight excluding hydrogens is 448 g/mol. The highest BCUT2D eigenvalue weighted by atomic mass is 35.5. The number of benzene rings is 1. The van der Waals surface area contributed by atoms with Crippen molar-refractivity contribution in [2.24, 2.45) is 5.16 Å². The highest BCUT2D eigenvalue weighted by molar-refractivity contribution is 6.55. The normalized spacial score (nSPS) is 11.5. The van der Waals surface area contributed by atoms with Gasteiger partial charge in [-0.2, -0.15) is 0 Å². The third-order valence-electron chi connectivity index (χ3n) is 2.98. The van der Waals surface area contributed by atoms with Crippen LogP contribution in [-0.4, -0.2) is 38.2 Å². The van der Waals surface area contributed by atoms with E-state index in [-0.39, 0.29) is 16.7 Å². The number of hydrogen-bond acceptors (Lipinski definition) is 5. The summed E-state index contributed by atoms with van der Waals surface area (Å²) in [6, 6.07) is 3.25. The van der Waals surface area contributed by atoms with Crippen LogP contribution in [0, 0.1) is 0 Å². The van der Waals surface area contributed by atoms with Crippen molar-refractivity contribution in [3.8, 4) is 11.5 Å². The number of halogens is 4. The molecule has 9 heteroatoms. The first-order valence-corrected chi connectivity index (χ1v) is 10.2. The van der Waals surface area contributed by atoms with Crippen molar-refractivity contribution >= 4 is 52.6 Å². The second-order valence-corrected chi connectivity index (χ2v) is 8.47. The fourth-order valence-corrected chi connectivity index (χ4v) is 2.50. The summed E-state index contributed by atoms with van der Waals surface area (Å²) in [5.74, 6) is 0.924. The van der Waals surface area contributed by atoms with Crippen LogP contribution in [0.2, 0.25) is 10.0 Å². The molecule has 0 atom stereocenters. The Morgan fingerprint density at radius 2 is 1.64 bits per heavy atom. The van der Waals surface area contributed by atoms with Crippen molar-refractivity contribution in [2.75, 3.05) is 26.4 Å². The number of unbranched alkanes of at least 4 members (excludes halogenated alkanes) is 1. The monoisotopic (exact) mass is 471 g/mol. The maximum absolute atomic E-state index is 6.21. The Hall–Kier alpha value is -0.850. The van der Waals surface area contributed by atoms with Gasteiger partial charge in [0.15, 0.2) is 5.75 Å². The summed E-state index contributed by atoms with van der Waals surface area (Å²) in [6.07, 6.45) is 4.73. The fourth-order valence-electron chi connectivity index (χ4n) is 1.80. The van der Waals surface area contributed by atoms with E-state index in [0.717, 1.165) is 12.8 Å². The highest BCUT2D eigenvalue weighted by Gasteiger charge is 2.11. The van der Waals surface area contributed by atoms with Crippen molar-refractivity contribution in [1.29, 1.82) is 0 Å². The summed E-state index contributed by atoms with van der Waals surface area (Å²) in [6.45, 7) is 7.46. The van der Waals surface area contributed by atoms with Gasteiger partial charge in [-0.25, -0.2) is 0 Å². The number of nitrogens with zero attached hydrogens (tertiary/aromatic N) is 1. The van der Waals surface area contributed by atoms with Gasteiger partial charge in [0.25, 0.3) is 0 Å². The molecular formula is C19H25Cl4NO4. The van der Waals surface area contributed by atoms with E-state index in [4.69, 9.17) is 65.5 Å². The first kappa shape index (κ1) is 25.2. The molecule has 0 radical (unpaired) electrons. The number of rotatable bonds is 12. The number of ether oxygens (including phenoxy) is 3. The van der Waals surface area contributed by atoms with Gasteiger partial charge in [-0.15, -0.1) is 0 Å². The van der Waals surface area contributed by atoms with E-state index in [1.807, 2.05) is 20.8 Å². The summed E-state index contributed by atoms with van der Waals surface area (Å²) in [4.78, 5) is 5.21. The van der Waals surface area contributed by atoms with Crippen LogP contribution >= 0.6 is 46.4 Å². The van der Waals surface area contributed by atoms with Gasteiger partial charge in [0.2, 0.25) is 0 Å². The number of hydrogen-bond donors (Lipinski definition) is 0. The van der Waals surface area contributed by atoms with Gasteiger partial charge in [-0.05, 0) is 39.7 Å². The van der Waals surface area contributed by atoms with E-state index in [1.165, 1.54) is 6.08 Å². The van der Waals surface area contributed by atoms with Gasteiger partial charge in [-0.3, -0.25) is 0 Å². The standard InChI is InChI=1S/C19H25Cl4NO4/c1-19(2,3)28-24-7-11-25-8-4-5-9-27-18-15(20)12-14(13-16(18)21)26-10-6-17(22)23/h6-7,12-13H,4-5,8-11H2,1-3H3/b24-7+. The summed E-state index contributed by atoms with van der Waals surface area (Å²) < 4.78 is 16.7. The predicted octanol–water partition coefficient (Wildman–Crippen LogP) is 6.67. The van der Waals surface area contributed by atoms with Crippen LogP contribution in [0.1, 0.15) is 33.6 Å². The molecule has 0 saturated heterocycles. The van der Waals surface area contributed by atoms with E-state index in [2.05, 4.69) is 5.16 Å². The van der Waals surface area contributed by atoms with Crippen molar-refractivity contribution in [1.82, 2.24) is 0 Å². The Bertz CT molecular complexity index is 633. The molecule has 0 aromatic heterocycles. The molecule has 0 saturated carbocycles. The lowest BCUT2D eigenvalue weighted by molar-refractivity contribution is 0.000659. The summed E-state index contributed by atoms with van der Waals surface area (Å²) in [5, 5.41) is 4.58. The molecule has 1 aromatic carbocycles. The lowest BCUT2D eigenvalue weighted by Crippen LogP contribution is -2.15. The average Bonchev–Trinajstić information content (AvgIpc) is 2.57. The van der Waals surface area contributed by atoms with Crippen molar-refractivity contribution in [2.45, 2.75) is 39.2 Å². The zero-order chi connectivity index (χ0) is 21.0. The highest BCUT2D eigenvalue weighted by Crippen LogP contribution is 2.37. The Kier molecular flexibility index (Phi) is 12.0. The molecule has 1 aromatic rings. The van der Waals surface area contributed by atoms with Crippen LogP contribution in [0.15, 0.2) is 27.9 Å². The smallest absolute Gasteiger partial charge is 0.156 e. The molecule has 0 aliphatic rings. The number of oxime groups is 1. The molecule has 0 amide bonds. The van der Waals surface area contributed by atoms with Crippen LogP contribution < -0.4 is 9.47 Å². The van der Waals surface area contributed by atoms with Gasteiger partial charge < -0.3 is 19.0 Å². The van der Waals surface area contributed by atoms with Crippen molar-refractivity contribution in [3.63, 3.8) is 0 Å². The van der Waals surface area contributed by atoms with Crippen LogP contribution in [0.25, 0.3) is 0 Å². The second kappa shape index (κ2) is 13.4. The zero-order valence-electron chi connectivity index (χ0n) is 16.1. The van der Waals surface area contributed by atoms with Crippen molar-refractivity contribution < 1.29 is 19.0 Å². The lowest BCUT2D eigenvalue weighted by atomic mass is 10.2. The maximum Gasteiger partial charge on any atom is 0.156 e. The van der Waals surface area contributed by atoms with E-state index < -0.39 is 0 Å². The van der Waals surface area contributed by atoms with Gasteiger partial charge in [0, 0.05) is 18.7 Å². The van der Waals surface area contributed by atoms with E-state index in [1.54, 1.807) is 18.3 Å². The Balaban J connectivity index is 2.25. The lowest BCUT2D eigenvalue weighted by Gasteiger charge is -2.14. The molecule has 0 heterocycles. The SMILES string of the molecule is CC(C)(C)O/N=C/COCCCCOc1c(Cl)cc(OCC=C(Cl)Cl)cc1Cl. The minimum Gasteiger partial charge on any atom is -0.490 e. The van der Waals surface area contributed by atoms with Crippen LogP contribution in [0.5, 0.6) is 11.5 Å². The molecule has 1 rings (SSSR count). The largest absolute Gasteiger partial charge is 0.490 e. The third kappa shape index (κ3) is 11.9. The fraction of sp³-hybridized carbons (Fsp3) is 0.526. The van der Waals surface area contributed by atoms with Gasteiger partial charge in [0.05, 0.1) is 29.5 Å². The molecule has 0 spiro atoms. The van der Waals surface area contributed by atoms with E-state index in [0.29, 0.717) is 41.4 Å². The minimum absolute atomic E-state index is 0.131. The molecule has 0 fully saturated rings. The topological polar surface area (TPSA) is 49.3 Å².